The van der Waals surface area contributed by atoms with Crippen LogP contribution in [0.2, 0.25) is 0 Å². The lowest BCUT2D eigenvalue weighted by Gasteiger charge is -2.32. The Balaban J connectivity index is 1.96. The van der Waals surface area contributed by atoms with Crippen LogP contribution in [0.3, 0.4) is 0 Å². The third-order valence-corrected chi connectivity index (χ3v) is 6.09. The van der Waals surface area contributed by atoms with Crippen LogP contribution in [0.4, 0.5) is 0 Å². The Bertz CT molecular complexity index is 1040. The van der Waals surface area contributed by atoms with Crippen molar-refractivity contribution in [2.75, 3.05) is 7.11 Å². The summed E-state index contributed by atoms with van der Waals surface area (Å²) in [7, 11) is 1.62. The average Bonchev–Trinajstić information content (AvgIpc) is 2.87. The quantitative estimate of drug-likeness (QED) is 0.398. The van der Waals surface area contributed by atoms with Crippen molar-refractivity contribution < 1.29 is 14.3 Å². The number of nitrogens with one attached hydrogen (secondary N) is 1. The number of rotatable bonds is 11. The predicted octanol–water partition coefficient (Wildman–Crippen LogP) is 5.55. The van der Waals surface area contributed by atoms with Gasteiger partial charge in [-0.1, -0.05) is 79.7 Å². The zero-order valence-electron chi connectivity index (χ0n) is 21.1. The van der Waals surface area contributed by atoms with Gasteiger partial charge >= 0.3 is 0 Å². The summed E-state index contributed by atoms with van der Waals surface area (Å²) in [6.07, 6.45) is 0.791. The number of hydrogen-bond acceptors (Lipinski definition) is 3. The van der Waals surface area contributed by atoms with E-state index in [-0.39, 0.29) is 30.2 Å². The normalized spacial score (nSPS) is 11.8. The van der Waals surface area contributed by atoms with E-state index in [2.05, 4.69) is 29.6 Å². The molecule has 184 valence electrons. The van der Waals surface area contributed by atoms with Crippen LogP contribution < -0.4 is 10.1 Å². The van der Waals surface area contributed by atoms with E-state index in [9.17, 15) is 9.59 Å². The maximum absolute atomic E-state index is 14.0. The lowest BCUT2D eigenvalue weighted by atomic mass is 9.88. The minimum atomic E-state index is -0.566. The maximum atomic E-state index is 14.0. The van der Waals surface area contributed by atoms with E-state index in [1.807, 2.05) is 81.4 Å². The van der Waals surface area contributed by atoms with Crippen LogP contribution in [0, 0.1) is 0 Å². The summed E-state index contributed by atoms with van der Waals surface area (Å²) in [5, 5.41) is 3.00. The molecule has 5 heteroatoms. The van der Waals surface area contributed by atoms with Gasteiger partial charge < -0.3 is 15.0 Å². The molecule has 0 heterocycles. The molecule has 0 aliphatic carbocycles. The fourth-order valence-electron chi connectivity index (χ4n) is 4.36. The molecule has 0 radical (unpaired) electrons. The molecule has 3 aromatic carbocycles. The van der Waals surface area contributed by atoms with E-state index < -0.39 is 6.04 Å². The number of benzene rings is 3. The van der Waals surface area contributed by atoms with Gasteiger partial charge in [-0.25, -0.2) is 0 Å². The van der Waals surface area contributed by atoms with Gasteiger partial charge in [-0.2, -0.15) is 0 Å². The van der Waals surface area contributed by atoms with Crippen molar-refractivity contribution in [3.8, 4) is 5.75 Å². The first-order chi connectivity index (χ1) is 16.9. The molecule has 0 fully saturated rings. The fourth-order valence-corrected chi connectivity index (χ4v) is 4.36. The Morgan fingerprint density at radius 3 is 2.00 bits per heavy atom. The maximum Gasteiger partial charge on any atom is 0.243 e. The zero-order chi connectivity index (χ0) is 25.2. The summed E-state index contributed by atoms with van der Waals surface area (Å²) in [5.74, 6) is 0.426. The number of hydrogen-bond donors (Lipinski definition) is 1. The number of nitrogens with zero attached hydrogens (tertiary/aromatic N) is 1. The molecule has 3 aromatic rings. The number of amides is 2. The molecule has 0 aliphatic heterocycles. The van der Waals surface area contributed by atoms with Gasteiger partial charge in [0.2, 0.25) is 11.8 Å². The van der Waals surface area contributed by atoms with Crippen LogP contribution in [0.25, 0.3) is 0 Å². The second-order valence-electron chi connectivity index (χ2n) is 9.04. The summed E-state index contributed by atoms with van der Waals surface area (Å²) in [6, 6.07) is 27.2. The predicted molar refractivity (Wildman–Crippen MR) is 140 cm³/mol. The first kappa shape index (κ1) is 26.0. The van der Waals surface area contributed by atoms with Crippen molar-refractivity contribution in [1.82, 2.24) is 10.2 Å². The topological polar surface area (TPSA) is 58.6 Å². The van der Waals surface area contributed by atoms with E-state index in [0.29, 0.717) is 13.0 Å². The average molecular weight is 473 g/mol. The van der Waals surface area contributed by atoms with E-state index in [0.717, 1.165) is 22.4 Å². The molecule has 1 N–H and O–H groups in total. The van der Waals surface area contributed by atoms with Crippen molar-refractivity contribution >= 4 is 11.8 Å². The SMILES string of the molecule is CCC(C(=O)NC(C)C)N(Cc1cccc(OC)c1)C(=O)CC(c1ccccc1)c1ccccc1. The summed E-state index contributed by atoms with van der Waals surface area (Å²) in [6.45, 7) is 6.14. The number of ether oxygens (including phenoxy) is 1. The van der Waals surface area contributed by atoms with E-state index in [1.165, 1.54) is 0 Å². The highest BCUT2D eigenvalue weighted by Crippen LogP contribution is 2.30. The first-order valence-electron chi connectivity index (χ1n) is 12.3. The highest BCUT2D eigenvalue weighted by atomic mass is 16.5. The van der Waals surface area contributed by atoms with Crippen LogP contribution in [0.5, 0.6) is 5.75 Å². The van der Waals surface area contributed by atoms with Gasteiger partial charge in [0.1, 0.15) is 11.8 Å². The Morgan fingerprint density at radius 2 is 1.49 bits per heavy atom. The molecule has 0 spiro atoms. The van der Waals surface area contributed by atoms with E-state index in [1.54, 1.807) is 12.0 Å². The van der Waals surface area contributed by atoms with Crippen LogP contribution in [-0.4, -0.2) is 35.9 Å². The zero-order valence-corrected chi connectivity index (χ0v) is 21.1. The summed E-state index contributed by atoms with van der Waals surface area (Å²) in [4.78, 5) is 28.8. The minimum absolute atomic E-state index is 0.00768. The molecule has 1 unspecified atom stereocenters. The van der Waals surface area contributed by atoms with Crippen LogP contribution in [0.15, 0.2) is 84.9 Å². The number of methoxy groups -OCH3 is 1. The first-order valence-corrected chi connectivity index (χ1v) is 12.3. The van der Waals surface area contributed by atoms with Gasteiger partial charge in [0.05, 0.1) is 7.11 Å². The number of carbonyl (C=O) groups is 2. The van der Waals surface area contributed by atoms with Gasteiger partial charge in [0.15, 0.2) is 0 Å². The molecule has 0 saturated carbocycles. The van der Waals surface area contributed by atoms with Crippen molar-refractivity contribution in [1.29, 1.82) is 0 Å². The van der Waals surface area contributed by atoms with Gasteiger partial charge in [0.25, 0.3) is 0 Å². The summed E-state index contributed by atoms with van der Waals surface area (Å²) >= 11 is 0. The molecule has 5 nitrogen and oxygen atoms in total. The smallest absolute Gasteiger partial charge is 0.243 e. The van der Waals surface area contributed by atoms with Crippen LogP contribution >= 0.6 is 0 Å². The molecule has 1 atom stereocenters. The van der Waals surface area contributed by atoms with E-state index in [4.69, 9.17) is 4.74 Å². The second-order valence-corrected chi connectivity index (χ2v) is 9.04. The summed E-state index contributed by atoms with van der Waals surface area (Å²) < 4.78 is 5.38. The van der Waals surface area contributed by atoms with Gasteiger partial charge in [-0.15, -0.1) is 0 Å². The molecule has 3 rings (SSSR count). The Labute approximate surface area is 209 Å². The highest BCUT2D eigenvalue weighted by Gasteiger charge is 2.31. The lowest BCUT2D eigenvalue weighted by molar-refractivity contribution is -0.141. The molecular weight excluding hydrogens is 436 g/mol. The van der Waals surface area contributed by atoms with Gasteiger partial charge in [0, 0.05) is 24.9 Å². The third-order valence-electron chi connectivity index (χ3n) is 6.09. The summed E-state index contributed by atoms with van der Waals surface area (Å²) in [5.41, 5.74) is 3.07. The molecule has 0 aliphatic rings. The largest absolute Gasteiger partial charge is 0.497 e. The fraction of sp³-hybridized carbons (Fsp3) is 0.333. The molecule has 0 bridgehead atoms. The second kappa shape index (κ2) is 12.7. The van der Waals surface area contributed by atoms with Crippen molar-refractivity contribution in [2.45, 2.75) is 58.2 Å². The van der Waals surface area contributed by atoms with Gasteiger partial charge in [-0.05, 0) is 49.1 Å². The Morgan fingerprint density at radius 1 is 0.886 bits per heavy atom. The van der Waals surface area contributed by atoms with Crippen molar-refractivity contribution in [3.05, 3.63) is 102 Å². The minimum Gasteiger partial charge on any atom is -0.497 e. The molecule has 35 heavy (non-hydrogen) atoms. The standard InChI is InChI=1S/C30H36N2O3/c1-5-28(30(34)31-22(2)3)32(21-23-13-12-18-26(19-23)35-4)29(33)20-27(24-14-8-6-9-15-24)25-16-10-7-11-17-25/h6-19,22,27-28H,5,20-21H2,1-4H3,(H,31,34). The lowest BCUT2D eigenvalue weighted by Crippen LogP contribution is -2.50. The molecule has 0 aromatic heterocycles. The molecule has 0 saturated heterocycles. The third kappa shape index (κ3) is 7.19. The van der Waals surface area contributed by atoms with Crippen molar-refractivity contribution in [3.63, 3.8) is 0 Å². The monoisotopic (exact) mass is 472 g/mol. The Hall–Kier alpha value is -3.60. The highest BCUT2D eigenvalue weighted by molar-refractivity contribution is 5.88. The molecule has 2 amide bonds. The van der Waals surface area contributed by atoms with Crippen molar-refractivity contribution in [2.24, 2.45) is 0 Å². The van der Waals surface area contributed by atoms with Crippen LogP contribution in [-0.2, 0) is 16.1 Å². The Kier molecular flexibility index (Phi) is 9.47. The molecular formula is C30H36N2O3. The van der Waals surface area contributed by atoms with E-state index >= 15 is 0 Å². The van der Waals surface area contributed by atoms with Gasteiger partial charge in [-0.3, -0.25) is 9.59 Å². The number of carbonyl (C=O) groups excluding carboxylic acids is 2. The van der Waals surface area contributed by atoms with Crippen LogP contribution in [0.1, 0.15) is 56.2 Å².